The number of H-pyrrole nitrogens is 1. The second kappa shape index (κ2) is 6.52. The molecule has 2 aromatic heterocycles. The summed E-state index contributed by atoms with van der Waals surface area (Å²) in [6.45, 7) is 1.32. The highest BCUT2D eigenvalue weighted by atomic mass is 16.5. The maximum absolute atomic E-state index is 12.9. The van der Waals surface area contributed by atoms with Crippen LogP contribution in [-0.2, 0) is 4.74 Å². The smallest absolute Gasteiger partial charge is 0.258 e. The normalized spacial score (nSPS) is 15.4. The first-order valence-corrected chi connectivity index (χ1v) is 8.22. The van der Waals surface area contributed by atoms with E-state index < -0.39 is 0 Å². The van der Waals surface area contributed by atoms with Gasteiger partial charge in [0.25, 0.3) is 5.56 Å². The first-order valence-electron chi connectivity index (χ1n) is 8.22. The molecule has 3 aromatic rings. The van der Waals surface area contributed by atoms with E-state index in [4.69, 9.17) is 9.72 Å². The Labute approximate surface area is 143 Å². The maximum Gasteiger partial charge on any atom is 0.258 e. The molecule has 0 saturated carbocycles. The number of nitrogens with zero attached hydrogens (tertiary/aromatic N) is 3. The Hall–Kier alpha value is -2.93. The quantitative estimate of drug-likeness (QED) is 0.764. The van der Waals surface area contributed by atoms with Crippen LogP contribution >= 0.6 is 0 Å². The second-order valence-electron chi connectivity index (χ2n) is 6.06. The van der Waals surface area contributed by atoms with Gasteiger partial charge in [-0.05, 0) is 37.1 Å². The van der Waals surface area contributed by atoms with Gasteiger partial charge in [-0.1, -0.05) is 0 Å². The van der Waals surface area contributed by atoms with E-state index in [2.05, 4.69) is 10.2 Å². The molecular weight excluding hydrogens is 320 g/mol. The van der Waals surface area contributed by atoms with E-state index in [0.717, 1.165) is 24.2 Å². The van der Waals surface area contributed by atoms with Crippen LogP contribution in [0.3, 0.4) is 0 Å². The van der Waals surface area contributed by atoms with Gasteiger partial charge in [-0.2, -0.15) is 5.10 Å². The molecule has 4 rings (SSSR count). The molecule has 0 unspecified atom stereocenters. The van der Waals surface area contributed by atoms with Gasteiger partial charge in [0.2, 0.25) is 0 Å². The van der Waals surface area contributed by atoms with Crippen LogP contribution < -0.4 is 5.56 Å². The summed E-state index contributed by atoms with van der Waals surface area (Å²) in [4.78, 5) is 17.7. The molecule has 1 aliphatic heterocycles. The third-order valence-corrected chi connectivity index (χ3v) is 4.43. The number of aromatic amines is 1. The minimum absolute atomic E-state index is 0.141. The van der Waals surface area contributed by atoms with Crippen molar-refractivity contribution in [1.29, 1.82) is 0 Å². The zero-order valence-electron chi connectivity index (χ0n) is 13.6. The first kappa shape index (κ1) is 15.6. The molecule has 7 heteroatoms. The van der Waals surface area contributed by atoms with Crippen LogP contribution in [0.4, 0.5) is 0 Å². The predicted molar refractivity (Wildman–Crippen MR) is 91.9 cm³/mol. The molecule has 0 bridgehead atoms. The fourth-order valence-electron chi connectivity index (χ4n) is 3.13. The third-order valence-electron chi connectivity index (χ3n) is 4.43. The Bertz CT molecular complexity index is 910. The number of nitrogens with one attached hydrogen (secondary N) is 1. The molecule has 1 fully saturated rings. The van der Waals surface area contributed by atoms with Gasteiger partial charge in [-0.15, -0.1) is 0 Å². The fraction of sp³-hybridized carbons (Fsp3) is 0.278. The van der Waals surface area contributed by atoms with Crippen LogP contribution in [-0.4, -0.2) is 38.1 Å². The van der Waals surface area contributed by atoms with Gasteiger partial charge in [0.1, 0.15) is 11.6 Å². The molecule has 2 N–H and O–H groups in total. The molecule has 0 spiro atoms. The first-order chi connectivity index (χ1) is 12.2. The fourth-order valence-corrected chi connectivity index (χ4v) is 3.13. The maximum atomic E-state index is 12.9. The van der Waals surface area contributed by atoms with Crippen LogP contribution in [0.5, 0.6) is 5.75 Å². The topological polar surface area (TPSA) is 93.0 Å². The number of phenolic OH excluding ortho intramolecular Hbond substituents is 1. The van der Waals surface area contributed by atoms with E-state index in [-0.39, 0.29) is 17.2 Å². The molecule has 0 aliphatic carbocycles. The highest BCUT2D eigenvalue weighted by Gasteiger charge is 2.23. The summed E-state index contributed by atoms with van der Waals surface area (Å²) in [5.41, 5.74) is 1.92. The second-order valence-corrected chi connectivity index (χ2v) is 6.06. The number of aromatic nitrogens is 4. The van der Waals surface area contributed by atoms with Crippen molar-refractivity contribution in [1.82, 2.24) is 19.7 Å². The lowest BCUT2D eigenvalue weighted by atomic mass is 9.98. The Morgan fingerprint density at radius 3 is 2.64 bits per heavy atom. The van der Waals surface area contributed by atoms with Gasteiger partial charge in [-0.25, -0.2) is 4.98 Å². The number of aromatic hydroxyl groups is 1. The molecule has 3 heterocycles. The van der Waals surface area contributed by atoms with Gasteiger partial charge in [0, 0.05) is 37.0 Å². The van der Waals surface area contributed by atoms with Crippen molar-refractivity contribution in [2.24, 2.45) is 0 Å². The van der Waals surface area contributed by atoms with E-state index in [1.807, 2.05) is 0 Å². The van der Waals surface area contributed by atoms with Crippen molar-refractivity contribution in [2.75, 3.05) is 13.2 Å². The summed E-state index contributed by atoms with van der Waals surface area (Å²) in [5.74, 6) is 1.02. The molecule has 1 saturated heterocycles. The lowest BCUT2D eigenvalue weighted by Gasteiger charge is -2.24. The molecule has 0 amide bonds. The van der Waals surface area contributed by atoms with Crippen LogP contribution in [0, 0.1) is 0 Å². The number of ether oxygens (including phenoxy) is 1. The number of benzene rings is 1. The van der Waals surface area contributed by atoms with Crippen LogP contribution in [0.25, 0.3) is 16.9 Å². The number of rotatable bonds is 3. The number of hydrogen-bond acceptors (Lipinski definition) is 5. The van der Waals surface area contributed by atoms with Crippen molar-refractivity contribution in [2.45, 2.75) is 18.8 Å². The molecule has 128 valence electrons. The van der Waals surface area contributed by atoms with Gasteiger partial charge in [0.15, 0.2) is 0 Å². The lowest BCUT2D eigenvalue weighted by Crippen LogP contribution is -2.27. The highest BCUT2D eigenvalue weighted by Crippen LogP contribution is 2.28. The summed E-state index contributed by atoms with van der Waals surface area (Å²) in [5, 5.41) is 16.2. The average Bonchev–Trinajstić information content (AvgIpc) is 3.18. The van der Waals surface area contributed by atoms with Crippen LogP contribution in [0.15, 0.2) is 47.5 Å². The van der Waals surface area contributed by atoms with E-state index in [0.29, 0.717) is 24.6 Å². The molecule has 1 aromatic carbocycles. The zero-order chi connectivity index (χ0) is 17.2. The van der Waals surface area contributed by atoms with E-state index in [1.165, 1.54) is 6.07 Å². The van der Waals surface area contributed by atoms with E-state index in [1.54, 1.807) is 41.2 Å². The largest absolute Gasteiger partial charge is 0.508 e. The minimum atomic E-state index is -0.154. The Morgan fingerprint density at radius 1 is 1.20 bits per heavy atom. The van der Waals surface area contributed by atoms with Crippen molar-refractivity contribution >= 4 is 0 Å². The van der Waals surface area contributed by atoms with Gasteiger partial charge in [0.05, 0.1) is 17.6 Å². The monoisotopic (exact) mass is 338 g/mol. The number of phenols is 1. The van der Waals surface area contributed by atoms with Crippen molar-refractivity contribution < 1.29 is 9.84 Å². The number of hydrogen-bond donors (Lipinski definition) is 2. The summed E-state index contributed by atoms with van der Waals surface area (Å²) in [6.07, 6.45) is 5.01. The zero-order valence-corrected chi connectivity index (χ0v) is 13.6. The SMILES string of the molecule is O=c1cc(-c2cn[nH]c2)nc(C2CCOCC2)n1-c1ccc(O)cc1. The standard InChI is InChI=1S/C18H18N4O3/c23-15-3-1-14(2-4-15)22-17(24)9-16(13-10-19-20-11-13)21-18(22)12-5-7-25-8-6-12/h1-4,9-12,23H,5-8H2,(H,19,20). The molecule has 7 nitrogen and oxygen atoms in total. The molecule has 0 radical (unpaired) electrons. The van der Waals surface area contributed by atoms with Crippen molar-refractivity contribution in [3.63, 3.8) is 0 Å². The molecule has 1 aliphatic rings. The summed E-state index contributed by atoms with van der Waals surface area (Å²) in [6, 6.07) is 8.09. The lowest BCUT2D eigenvalue weighted by molar-refractivity contribution is 0.0830. The van der Waals surface area contributed by atoms with Crippen LogP contribution in [0.1, 0.15) is 24.6 Å². The molecular formula is C18H18N4O3. The summed E-state index contributed by atoms with van der Waals surface area (Å²) < 4.78 is 7.08. The Morgan fingerprint density at radius 2 is 1.96 bits per heavy atom. The van der Waals surface area contributed by atoms with Crippen molar-refractivity contribution in [3.05, 3.63) is 58.9 Å². The summed E-state index contributed by atoms with van der Waals surface area (Å²) >= 11 is 0. The summed E-state index contributed by atoms with van der Waals surface area (Å²) in [7, 11) is 0. The predicted octanol–water partition coefficient (Wildman–Crippen LogP) is 2.22. The van der Waals surface area contributed by atoms with E-state index >= 15 is 0 Å². The minimum Gasteiger partial charge on any atom is -0.508 e. The Kier molecular flexibility index (Phi) is 4.07. The van der Waals surface area contributed by atoms with Gasteiger partial charge < -0.3 is 9.84 Å². The van der Waals surface area contributed by atoms with Crippen LogP contribution in [0.2, 0.25) is 0 Å². The highest BCUT2D eigenvalue weighted by molar-refractivity contribution is 5.56. The van der Waals surface area contributed by atoms with Gasteiger partial charge in [-0.3, -0.25) is 14.5 Å². The van der Waals surface area contributed by atoms with Gasteiger partial charge >= 0.3 is 0 Å². The Balaban J connectivity index is 1.89. The van der Waals surface area contributed by atoms with Crippen molar-refractivity contribution in [3.8, 4) is 22.7 Å². The third kappa shape index (κ3) is 3.06. The molecule has 0 atom stereocenters. The van der Waals surface area contributed by atoms with E-state index in [9.17, 15) is 9.90 Å². The molecule has 25 heavy (non-hydrogen) atoms. The average molecular weight is 338 g/mol.